The number of amides is 2. The van der Waals surface area contributed by atoms with Crippen molar-refractivity contribution in [3.63, 3.8) is 0 Å². The van der Waals surface area contributed by atoms with Crippen molar-refractivity contribution in [2.24, 2.45) is 0 Å². The summed E-state index contributed by atoms with van der Waals surface area (Å²) in [5.74, 6) is -1.64. The van der Waals surface area contributed by atoms with Gasteiger partial charge in [-0.05, 0) is 49.6 Å². The summed E-state index contributed by atoms with van der Waals surface area (Å²) < 4.78 is 40.3. The molecule has 2 amide bonds. The van der Waals surface area contributed by atoms with Crippen LogP contribution in [0, 0.1) is 12.7 Å². The van der Waals surface area contributed by atoms with Gasteiger partial charge in [-0.1, -0.05) is 78.7 Å². The molecule has 3 aromatic rings. The maximum Gasteiger partial charge on any atom is 0.244 e. The highest BCUT2D eigenvalue weighted by Gasteiger charge is 2.33. The number of carbonyl (C=O) groups is 2. The summed E-state index contributed by atoms with van der Waals surface area (Å²) in [5, 5.41) is 2.71. The lowest BCUT2D eigenvalue weighted by molar-refractivity contribution is -0.140. The molecule has 10 heteroatoms. The number of aryl methyl sites for hydroxylation is 1. The predicted molar refractivity (Wildman–Crippen MR) is 157 cm³/mol. The molecular weight excluding hydrogens is 553 g/mol. The monoisotopic (exact) mass is 587 g/mol. The summed E-state index contributed by atoms with van der Waals surface area (Å²) >= 11 is 5.93. The molecule has 40 heavy (non-hydrogen) atoms. The highest BCUT2D eigenvalue weighted by molar-refractivity contribution is 7.92. The van der Waals surface area contributed by atoms with E-state index in [0.29, 0.717) is 6.42 Å². The largest absolute Gasteiger partial charge is 0.352 e. The lowest BCUT2D eigenvalue weighted by atomic mass is 10.0. The summed E-state index contributed by atoms with van der Waals surface area (Å²) in [5.41, 5.74) is 2.66. The van der Waals surface area contributed by atoms with Gasteiger partial charge in [0.25, 0.3) is 0 Å². The number of anilines is 1. The first-order valence-electron chi connectivity index (χ1n) is 13.0. The fraction of sp³-hybridized carbons (Fsp3) is 0.333. The van der Waals surface area contributed by atoms with Crippen LogP contribution in [0.3, 0.4) is 0 Å². The minimum Gasteiger partial charge on any atom is -0.352 e. The molecule has 0 saturated heterocycles. The second kappa shape index (κ2) is 13.8. The molecular formula is C30H35ClFN3O4S. The first-order valence-corrected chi connectivity index (χ1v) is 15.2. The SMILES string of the molecule is CCC(C)NC(=O)C(Cc1ccccc1)N(Cc1cccc(C)c1)C(=O)CN(c1ccc(F)c(Cl)c1)S(C)(=O)=O. The first kappa shape index (κ1) is 31.1. The van der Waals surface area contributed by atoms with Crippen molar-refractivity contribution in [1.82, 2.24) is 10.2 Å². The molecule has 1 N–H and O–H groups in total. The van der Waals surface area contributed by atoms with Gasteiger partial charge in [0.05, 0.1) is 17.0 Å². The van der Waals surface area contributed by atoms with E-state index in [4.69, 9.17) is 11.6 Å². The van der Waals surface area contributed by atoms with Crippen LogP contribution in [0.25, 0.3) is 0 Å². The maximum absolute atomic E-state index is 14.0. The summed E-state index contributed by atoms with van der Waals surface area (Å²) in [7, 11) is -3.98. The van der Waals surface area contributed by atoms with Crippen LogP contribution in [0.2, 0.25) is 5.02 Å². The Bertz CT molecular complexity index is 1440. The van der Waals surface area contributed by atoms with E-state index in [1.165, 1.54) is 11.0 Å². The number of hydrogen-bond donors (Lipinski definition) is 1. The van der Waals surface area contributed by atoms with Crippen molar-refractivity contribution in [3.05, 3.63) is 100 Å². The normalized spacial score (nSPS) is 12.8. The van der Waals surface area contributed by atoms with Gasteiger partial charge in [-0.15, -0.1) is 0 Å². The molecule has 0 aromatic heterocycles. The van der Waals surface area contributed by atoms with Crippen LogP contribution in [-0.2, 0) is 32.6 Å². The standard InChI is InChI=1S/C30H35ClFN3O4S/c1-5-22(3)33-30(37)28(17-23-11-7-6-8-12-23)34(19-24-13-9-10-21(2)16-24)29(36)20-35(40(4,38)39)25-14-15-27(32)26(31)18-25/h6-16,18,22,28H,5,17,19-20H2,1-4H3,(H,33,37). The average molecular weight is 588 g/mol. The van der Waals surface area contributed by atoms with Crippen LogP contribution < -0.4 is 9.62 Å². The molecule has 7 nitrogen and oxygen atoms in total. The molecule has 0 heterocycles. The van der Waals surface area contributed by atoms with Crippen molar-refractivity contribution in [1.29, 1.82) is 0 Å². The van der Waals surface area contributed by atoms with Crippen molar-refractivity contribution in [2.45, 2.75) is 52.2 Å². The predicted octanol–water partition coefficient (Wildman–Crippen LogP) is 5.11. The summed E-state index contributed by atoms with van der Waals surface area (Å²) in [6, 6.07) is 19.3. The number of halogens is 2. The summed E-state index contributed by atoms with van der Waals surface area (Å²) in [6.45, 7) is 5.23. The van der Waals surface area contributed by atoms with Crippen molar-refractivity contribution >= 4 is 39.1 Å². The fourth-order valence-corrected chi connectivity index (χ4v) is 5.27. The Labute approximate surface area is 241 Å². The summed E-state index contributed by atoms with van der Waals surface area (Å²) in [4.78, 5) is 29.1. The quantitative estimate of drug-likeness (QED) is 0.319. The third kappa shape index (κ3) is 8.53. The van der Waals surface area contributed by atoms with Crippen LogP contribution in [0.15, 0.2) is 72.8 Å². The minimum atomic E-state index is -3.98. The van der Waals surface area contributed by atoms with Crippen LogP contribution >= 0.6 is 11.6 Å². The van der Waals surface area contributed by atoms with E-state index >= 15 is 0 Å². The van der Waals surface area contributed by atoms with Gasteiger partial charge in [0.1, 0.15) is 18.4 Å². The number of sulfonamides is 1. The van der Waals surface area contributed by atoms with E-state index in [-0.39, 0.29) is 35.6 Å². The van der Waals surface area contributed by atoms with Gasteiger partial charge in [0, 0.05) is 19.0 Å². The zero-order valence-corrected chi connectivity index (χ0v) is 24.7. The molecule has 0 spiro atoms. The van der Waals surface area contributed by atoms with E-state index in [1.54, 1.807) is 0 Å². The molecule has 214 valence electrons. The second-order valence-corrected chi connectivity index (χ2v) is 12.2. The van der Waals surface area contributed by atoms with Gasteiger partial charge in [-0.25, -0.2) is 12.8 Å². The number of carbonyl (C=O) groups excluding carboxylic acids is 2. The number of rotatable bonds is 12. The van der Waals surface area contributed by atoms with Crippen molar-refractivity contribution < 1.29 is 22.4 Å². The molecule has 0 aliphatic heterocycles. The topological polar surface area (TPSA) is 86.8 Å². The molecule has 0 aliphatic carbocycles. The van der Waals surface area contributed by atoms with Crippen molar-refractivity contribution in [3.8, 4) is 0 Å². The lowest BCUT2D eigenvalue weighted by Gasteiger charge is -2.34. The highest BCUT2D eigenvalue weighted by atomic mass is 35.5. The molecule has 3 aromatic carbocycles. The Morgan fingerprint density at radius 3 is 2.27 bits per heavy atom. The van der Waals surface area contributed by atoms with E-state index < -0.39 is 34.3 Å². The molecule has 0 saturated carbocycles. The average Bonchev–Trinajstić information content (AvgIpc) is 2.90. The number of nitrogens with one attached hydrogen (secondary N) is 1. The molecule has 0 bridgehead atoms. The Kier molecular flexibility index (Phi) is 10.7. The number of hydrogen-bond acceptors (Lipinski definition) is 4. The Balaban J connectivity index is 2.07. The molecule has 0 aliphatic rings. The third-order valence-corrected chi connectivity index (χ3v) is 8.01. The van der Waals surface area contributed by atoms with Gasteiger partial charge in [0.15, 0.2) is 0 Å². The Morgan fingerprint density at radius 2 is 1.68 bits per heavy atom. The zero-order valence-electron chi connectivity index (χ0n) is 23.1. The number of nitrogens with zero attached hydrogens (tertiary/aromatic N) is 2. The van der Waals surface area contributed by atoms with Gasteiger partial charge in [0.2, 0.25) is 21.8 Å². The van der Waals surface area contributed by atoms with E-state index in [0.717, 1.165) is 39.4 Å². The molecule has 2 unspecified atom stereocenters. The zero-order chi connectivity index (χ0) is 29.4. The second-order valence-electron chi connectivity index (χ2n) is 9.90. The molecule has 0 radical (unpaired) electrons. The molecule has 0 fully saturated rings. The minimum absolute atomic E-state index is 0.0430. The van der Waals surface area contributed by atoms with Crippen LogP contribution in [0.4, 0.5) is 10.1 Å². The van der Waals surface area contributed by atoms with E-state index in [1.807, 2.05) is 75.4 Å². The maximum atomic E-state index is 14.0. The highest BCUT2D eigenvalue weighted by Crippen LogP contribution is 2.25. The van der Waals surface area contributed by atoms with Crippen LogP contribution in [0.1, 0.15) is 37.0 Å². The molecule has 3 rings (SSSR count). The third-order valence-electron chi connectivity index (χ3n) is 6.58. The Morgan fingerprint density at radius 1 is 1.00 bits per heavy atom. The van der Waals surface area contributed by atoms with Gasteiger partial charge >= 0.3 is 0 Å². The van der Waals surface area contributed by atoms with Crippen LogP contribution in [0.5, 0.6) is 0 Å². The van der Waals surface area contributed by atoms with E-state index in [2.05, 4.69) is 5.32 Å². The fourth-order valence-electron chi connectivity index (χ4n) is 4.26. The van der Waals surface area contributed by atoms with Gasteiger partial charge in [-0.3, -0.25) is 13.9 Å². The smallest absolute Gasteiger partial charge is 0.244 e. The van der Waals surface area contributed by atoms with E-state index in [9.17, 15) is 22.4 Å². The molecule has 2 atom stereocenters. The first-order chi connectivity index (χ1) is 18.9. The van der Waals surface area contributed by atoms with Crippen molar-refractivity contribution in [2.75, 3.05) is 17.1 Å². The van der Waals surface area contributed by atoms with Crippen LogP contribution in [-0.4, -0.2) is 50.0 Å². The van der Waals surface area contributed by atoms with Gasteiger partial charge < -0.3 is 10.2 Å². The van der Waals surface area contributed by atoms with Gasteiger partial charge in [-0.2, -0.15) is 0 Å². The number of benzene rings is 3. The summed E-state index contributed by atoms with van der Waals surface area (Å²) in [6.07, 6.45) is 1.88. The Hall–Kier alpha value is -3.43. The lowest BCUT2D eigenvalue weighted by Crippen LogP contribution is -2.54.